The summed E-state index contributed by atoms with van der Waals surface area (Å²) in [6.07, 6.45) is 13.8. The van der Waals surface area contributed by atoms with E-state index >= 15 is 0 Å². The van der Waals surface area contributed by atoms with Gasteiger partial charge in [-0.15, -0.1) is 20.4 Å². The Labute approximate surface area is 468 Å². The number of nitrogens with zero attached hydrogens (tertiary/aromatic N) is 4. The summed E-state index contributed by atoms with van der Waals surface area (Å²) in [5.74, 6) is 5.91. The second-order valence-corrected chi connectivity index (χ2v) is 26.5. The lowest BCUT2D eigenvalue weighted by Gasteiger charge is -2.63. The maximum Gasteiger partial charge on any atom is 0.239 e. The van der Waals surface area contributed by atoms with Gasteiger partial charge < -0.3 is 18.9 Å². The Morgan fingerprint density at radius 3 is 0.736 bits per heavy atom. The van der Waals surface area contributed by atoms with Crippen LogP contribution in [0.4, 0.5) is 0 Å². The molecule has 30 rings (SSSR count). The average molecular weight is 1170 g/mol. The lowest BCUT2D eigenvalue weighted by molar-refractivity contribution is -0.0283. The first-order valence-corrected chi connectivity index (χ1v) is 28.0. The van der Waals surface area contributed by atoms with Gasteiger partial charge in [-0.25, -0.2) is 0 Å². The van der Waals surface area contributed by atoms with Gasteiger partial charge in [-0.05, 0) is 193 Å². The molecule has 24 aliphatic rings. The van der Waals surface area contributed by atoms with Gasteiger partial charge in [0.1, 0.15) is 23.0 Å². The van der Waals surface area contributed by atoms with Gasteiger partial charge in [-0.2, -0.15) is 0 Å². The molecule has 2 aromatic heterocycles. The van der Waals surface area contributed by atoms with Crippen LogP contribution in [0, 0.1) is 23.7 Å². The van der Waals surface area contributed by atoms with E-state index in [1.54, 1.807) is 24.3 Å². The molecule has 0 atom stereocenters. The lowest BCUT2D eigenvalue weighted by Crippen LogP contribution is -2.55. The van der Waals surface area contributed by atoms with Gasteiger partial charge in [0, 0.05) is 24.3 Å². The quantitative estimate of drug-likeness (QED) is 0.139. The van der Waals surface area contributed by atoms with Crippen molar-refractivity contribution in [3.63, 3.8) is 0 Å². The first-order chi connectivity index (χ1) is 34.5. The van der Waals surface area contributed by atoms with E-state index in [9.17, 15) is 0 Å². The highest BCUT2D eigenvalue weighted by Crippen LogP contribution is 2.68. The minimum Gasteiger partial charge on any atom is -0.436 e. The molecule has 376 valence electrons. The molecule has 0 unspecified atom stereocenters. The summed E-state index contributed by atoms with van der Waals surface area (Å²) in [7, 11) is 0. The zero-order valence-corrected chi connectivity index (χ0v) is 45.9. The van der Waals surface area contributed by atoms with Crippen molar-refractivity contribution >= 4 is 116 Å². The molecular weight excluding hydrogens is 1120 g/mol. The molecule has 20 bridgehead atoms. The predicted octanol–water partition coefficient (Wildman–Crippen LogP) is 18.9. The van der Waals surface area contributed by atoms with Gasteiger partial charge in [0.25, 0.3) is 0 Å². The Hall–Kier alpha value is -2.86. The fraction of sp³-hybridized carbons (Fsp3) is 0.407. The van der Waals surface area contributed by atoms with Gasteiger partial charge in [0.15, 0.2) is 8.59 Å². The van der Waals surface area contributed by atoms with Crippen LogP contribution in [0.25, 0.3) is 0 Å². The molecule has 0 radical (unpaired) electrons. The van der Waals surface area contributed by atoms with Crippen molar-refractivity contribution in [2.45, 2.75) is 107 Å². The topological polar surface area (TPSA) is 88.5 Å². The number of ether oxygens (including phenoxy) is 4. The SMILES string of the molecule is ClC(Cl)Cl.ClC(Cl)Cl.Clc1cc2ccc1Oc1ccc(nn1)Oc1ccc(cc1Cl)C13CC4CC(C1)CC(C4)(C3)c1ccc(c(Cl)c1)Oc1ccc(nn1)Oc1ccc(cc1Cl)C13CC4CC(CC2(C4)C1)C3. The summed E-state index contributed by atoms with van der Waals surface area (Å²) < 4.78 is 23.4. The van der Waals surface area contributed by atoms with Crippen molar-refractivity contribution in [1.29, 1.82) is 0 Å². The molecule has 8 saturated carbocycles. The lowest BCUT2D eigenvalue weighted by atomic mass is 9.41. The van der Waals surface area contributed by atoms with Crippen LogP contribution in [0.15, 0.2) is 97.1 Å². The predicted molar refractivity (Wildman–Crippen MR) is 289 cm³/mol. The van der Waals surface area contributed by atoms with Gasteiger partial charge in [0.2, 0.25) is 23.5 Å². The van der Waals surface area contributed by atoms with Crippen molar-refractivity contribution in [2.24, 2.45) is 23.7 Å². The Kier molecular flexibility index (Phi) is 14.4. The molecule has 0 amide bonds. The van der Waals surface area contributed by atoms with Gasteiger partial charge in [-0.1, -0.05) is 140 Å². The fourth-order valence-corrected chi connectivity index (χ4v) is 15.7. The molecule has 0 N–H and O–H groups in total. The third-order valence-corrected chi connectivity index (χ3v) is 17.6. The summed E-state index contributed by atoms with van der Waals surface area (Å²) in [5, 5.41) is 19.6. The van der Waals surface area contributed by atoms with Gasteiger partial charge in [-0.3, -0.25) is 0 Å². The third-order valence-electron chi connectivity index (χ3n) is 16.4. The van der Waals surface area contributed by atoms with Crippen molar-refractivity contribution in [2.75, 3.05) is 0 Å². The molecule has 8 aliphatic carbocycles. The van der Waals surface area contributed by atoms with Crippen LogP contribution in [-0.2, 0) is 21.7 Å². The number of aromatic nitrogens is 4. The van der Waals surface area contributed by atoms with E-state index in [0.717, 1.165) is 64.2 Å². The van der Waals surface area contributed by atoms with Crippen LogP contribution >= 0.6 is 116 Å². The highest BCUT2D eigenvalue weighted by atomic mass is 35.6. The maximum absolute atomic E-state index is 7.03. The monoisotopic (exact) mass is 1160 g/mol. The highest BCUT2D eigenvalue weighted by molar-refractivity contribution is 6.63. The Balaban J connectivity index is 0.000000655. The van der Waals surface area contributed by atoms with Gasteiger partial charge in [0.05, 0.1) is 20.1 Å². The minimum absolute atomic E-state index is 0.00617. The number of hydrogen-bond donors (Lipinski definition) is 0. The van der Waals surface area contributed by atoms with E-state index < -0.39 is 8.59 Å². The number of halogens is 10. The molecule has 72 heavy (non-hydrogen) atoms. The number of alkyl halides is 6. The van der Waals surface area contributed by atoms with Crippen molar-refractivity contribution in [3.05, 3.63) is 139 Å². The maximum atomic E-state index is 7.03. The summed E-state index contributed by atoms with van der Waals surface area (Å²) in [6.45, 7) is 0. The zero-order chi connectivity index (χ0) is 50.2. The third kappa shape index (κ3) is 10.3. The molecule has 0 saturated heterocycles. The Bertz CT molecular complexity index is 2580. The zero-order valence-electron chi connectivity index (χ0n) is 38.4. The molecule has 4 spiro atoms. The largest absolute Gasteiger partial charge is 0.436 e. The standard InChI is InChI=1S/C52H44Cl4N4O4.2CHCl3/c53-37-15-33-1-5-41(37)61-45-9-10-46(58-57-45)62-43-7-3-35(17-39(43)55)51-23-31-14-32(24-51)26-52(25-31,28-51)36-4-8-44(40(56)18-36)64-48-12-11-47(59-60-48)63-42-6-2-34(16-38(42)54)50-21-29-13-30(22-50)20-49(33,19-29)27-50;2*2-1(3)4/h1-12,15-18,29-32H,13-14,19-28H2;2*1H. The molecular formula is C54H46Cl10N4O4. The van der Waals surface area contributed by atoms with Crippen molar-refractivity contribution < 1.29 is 18.9 Å². The van der Waals surface area contributed by atoms with Crippen LogP contribution < -0.4 is 18.9 Å². The second-order valence-electron chi connectivity index (χ2n) is 20.9. The summed E-state index contributed by atoms with van der Waals surface area (Å²) in [5.41, 5.74) is 5.07. The normalized spacial score (nSPS) is 28.9. The number of hydrogen-bond acceptors (Lipinski definition) is 8. The fourth-order valence-electron chi connectivity index (χ4n) is 14.8. The second kappa shape index (κ2) is 20.3. The Morgan fingerprint density at radius 1 is 0.347 bits per heavy atom. The van der Waals surface area contributed by atoms with Crippen LogP contribution in [0.1, 0.15) is 99.3 Å². The van der Waals surface area contributed by atoms with E-state index in [1.807, 2.05) is 24.3 Å². The van der Waals surface area contributed by atoms with E-state index in [2.05, 4.69) is 68.9 Å². The van der Waals surface area contributed by atoms with Crippen molar-refractivity contribution in [1.82, 2.24) is 20.4 Å². The molecule has 6 aromatic rings. The molecule has 4 aromatic carbocycles. The smallest absolute Gasteiger partial charge is 0.239 e. The molecule has 18 heterocycles. The van der Waals surface area contributed by atoms with Crippen LogP contribution in [0.5, 0.6) is 46.5 Å². The average Bonchev–Trinajstić information content (AvgIpc) is 3.31. The minimum atomic E-state index is -0.750. The van der Waals surface area contributed by atoms with Crippen LogP contribution in [0.2, 0.25) is 20.1 Å². The Morgan fingerprint density at radius 2 is 0.556 bits per heavy atom. The molecule has 16 aliphatic heterocycles. The molecule has 8 fully saturated rings. The van der Waals surface area contributed by atoms with E-state index in [4.69, 9.17) is 135 Å². The highest BCUT2D eigenvalue weighted by Gasteiger charge is 2.60. The van der Waals surface area contributed by atoms with Crippen LogP contribution in [-0.4, -0.2) is 29.0 Å². The summed E-state index contributed by atoms with van der Waals surface area (Å²) in [6, 6.07) is 32.1. The van der Waals surface area contributed by atoms with E-state index in [-0.39, 0.29) is 21.7 Å². The number of benzene rings is 4. The van der Waals surface area contributed by atoms with E-state index in [0.29, 0.717) is 90.3 Å². The number of rotatable bonds is 0. The summed E-state index contributed by atoms with van der Waals surface area (Å²) in [4.78, 5) is 0. The first-order valence-electron chi connectivity index (χ1n) is 23.9. The van der Waals surface area contributed by atoms with E-state index in [1.165, 1.54) is 35.1 Å². The summed E-state index contributed by atoms with van der Waals surface area (Å²) >= 11 is 57.0. The van der Waals surface area contributed by atoms with Crippen molar-refractivity contribution in [3.8, 4) is 46.5 Å². The first kappa shape index (κ1) is 51.3. The van der Waals surface area contributed by atoms with Gasteiger partial charge >= 0.3 is 0 Å². The van der Waals surface area contributed by atoms with Crippen LogP contribution in [0.3, 0.4) is 0 Å². The molecule has 18 heteroatoms. The molecule has 8 nitrogen and oxygen atoms in total.